The molecule has 0 radical (unpaired) electrons. The van der Waals surface area contributed by atoms with Gasteiger partial charge in [0.1, 0.15) is 0 Å². The minimum Gasteiger partial charge on any atom is -0.354 e. The van der Waals surface area contributed by atoms with Gasteiger partial charge in [-0.15, -0.1) is 11.3 Å². The molecule has 1 amide bonds. The topological polar surface area (TPSA) is 58.4 Å². The molecule has 22 heavy (non-hydrogen) atoms. The zero-order valence-electron chi connectivity index (χ0n) is 13.8. The molecule has 4 nitrogen and oxygen atoms in total. The van der Waals surface area contributed by atoms with Gasteiger partial charge in [-0.25, -0.2) is 0 Å². The number of piperidine rings is 1. The first-order valence-corrected chi connectivity index (χ1v) is 9.21. The van der Waals surface area contributed by atoms with Crippen molar-refractivity contribution < 1.29 is 4.79 Å². The third kappa shape index (κ3) is 5.07. The largest absolute Gasteiger partial charge is 0.354 e. The molecule has 1 saturated heterocycles. The Hall–Kier alpha value is -0.910. The molecule has 0 aromatic carbocycles. The van der Waals surface area contributed by atoms with Crippen LogP contribution in [0, 0.1) is 5.92 Å². The number of rotatable bonds is 7. The van der Waals surface area contributed by atoms with Gasteiger partial charge in [-0.3, -0.25) is 9.69 Å². The molecular formula is C17H29N3OS. The van der Waals surface area contributed by atoms with Crippen LogP contribution in [0.1, 0.15) is 44.4 Å². The second-order valence-corrected chi connectivity index (χ2v) is 7.71. The molecule has 1 fully saturated rings. The predicted molar refractivity (Wildman–Crippen MR) is 92.8 cm³/mol. The second-order valence-electron chi connectivity index (χ2n) is 6.68. The summed E-state index contributed by atoms with van der Waals surface area (Å²) < 4.78 is 0. The van der Waals surface area contributed by atoms with Crippen LogP contribution < -0.4 is 11.1 Å². The van der Waals surface area contributed by atoms with Gasteiger partial charge in [0, 0.05) is 18.0 Å². The van der Waals surface area contributed by atoms with Gasteiger partial charge < -0.3 is 11.1 Å². The van der Waals surface area contributed by atoms with Crippen molar-refractivity contribution >= 4 is 17.2 Å². The van der Waals surface area contributed by atoms with E-state index in [4.69, 9.17) is 5.73 Å². The van der Waals surface area contributed by atoms with E-state index in [1.54, 1.807) is 0 Å². The summed E-state index contributed by atoms with van der Waals surface area (Å²) in [5.41, 5.74) is 5.34. The molecule has 0 aliphatic carbocycles. The molecule has 1 atom stereocenters. The average molecular weight is 324 g/mol. The van der Waals surface area contributed by atoms with Crippen LogP contribution >= 0.6 is 11.3 Å². The normalized spacial score (nSPS) is 19.8. The maximum absolute atomic E-state index is 12.1. The lowest BCUT2D eigenvalue weighted by Crippen LogP contribution is -2.52. The third-order valence-corrected chi connectivity index (χ3v) is 5.37. The smallest absolute Gasteiger partial charge is 0.239 e. The number of carbonyl (C=O) groups excluding carboxylic acids is 1. The number of nitrogens with zero attached hydrogens (tertiary/aromatic N) is 1. The van der Waals surface area contributed by atoms with Crippen molar-refractivity contribution in [1.82, 2.24) is 10.2 Å². The maximum atomic E-state index is 12.1. The molecule has 1 unspecified atom stereocenters. The third-order valence-electron chi connectivity index (χ3n) is 4.51. The van der Waals surface area contributed by atoms with E-state index in [-0.39, 0.29) is 5.91 Å². The van der Waals surface area contributed by atoms with Crippen LogP contribution in [0.3, 0.4) is 0 Å². The monoisotopic (exact) mass is 323 g/mol. The number of carbonyl (C=O) groups is 1. The van der Waals surface area contributed by atoms with E-state index in [2.05, 4.69) is 34.7 Å². The van der Waals surface area contributed by atoms with Crippen LogP contribution in [-0.2, 0) is 11.3 Å². The van der Waals surface area contributed by atoms with Crippen LogP contribution in [0.4, 0.5) is 0 Å². The molecule has 0 bridgehead atoms. The highest BCUT2D eigenvalue weighted by molar-refractivity contribution is 7.09. The van der Waals surface area contributed by atoms with Gasteiger partial charge >= 0.3 is 0 Å². The lowest BCUT2D eigenvalue weighted by Gasteiger charge is -2.32. The molecule has 3 N–H and O–H groups in total. The number of nitrogens with two attached hydrogens (primary N) is 1. The van der Waals surface area contributed by atoms with E-state index in [1.807, 2.05) is 18.3 Å². The van der Waals surface area contributed by atoms with Crippen LogP contribution in [0.25, 0.3) is 0 Å². The van der Waals surface area contributed by atoms with Crippen molar-refractivity contribution in [2.24, 2.45) is 11.7 Å². The van der Waals surface area contributed by atoms with Crippen molar-refractivity contribution in [3.8, 4) is 0 Å². The van der Waals surface area contributed by atoms with Gasteiger partial charge in [-0.05, 0) is 56.6 Å². The molecule has 124 valence electrons. The molecule has 1 aromatic rings. The fourth-order valence-electron chi connectivity index (χ4n) is 3.04. The van der Waals surface area contributed by atoms with Crippen molar-refractivity contribution in [3.05, 3.63) is 22.4 Å². The van der Waals surface area contributed by atoms with E-state index in [9.17, 15) is 4.79 Å². The Morgan fingerprint density at radius 3 is 2.82 bits per heavy atom. The highest BCUT2D eigenvalue weighted by Gasteiger charge is 2.28. The highest BCUT2D eigenvalue weighted by Crippen LogP contribution is 2.20. The summed E-state index contributed by atoms with van der Waals surface area (Å²) in [6, 6.07) is 4.31. The van der Waals surface area contributed by atoms with Gasteiger partial charge in [0.15, 0.2) is 0 Å². The fraction of sp³-hybridized carbons (Fsp3) is 0.706. The van der Waals surface area contributed by atoms with Gasteiger partial charge in [-0.2, -0.15) is 0 Å². The second kappa shape index (κ2) is 8.09. The minimum atomic E-state index is -0.728. The van der Waals surface area contributed by atoms with E-state index < -0.39 is 5.54 Å². The Morgan fingerprint density at radius 2 is 2.23 bits per heavy atom. The Kier molecular flexibility index (Phi) is 6.41. The van der Waals surface area contributed by atoms with E-state index in [1.165, 1.54) is 4.88 Å². The Labute approximate surface area is 138 Å². The number of hydrogen-bond donors (Lipinski definition) is 2. The van der Waals surface area contributed by atoms with Gasteiger partial charge in [-0.1, -0.05) is 19.4 Å². The van der Waals surface area contributed by atoms with Crippen LogP contribution in [0.2, 0.25) is 0 Å². The number of nitrogens with one attached hydrogen (secondary N) is 1. The van der Waals surface area contributed by atoms with E-state index in [0.717, 1.165) is 51.9 Å². The van der Waals surface area contributed by atoms with E-state index in [0.29, 0.717) is 5.92 Å². The van der Waals surface area contributed by atoms with Gasteiger partial charge in [0.2, 0.25) is 5.91 Å². The number of likely N-dealkylation sites (tertiary alicyclic amines) is 1. The molecule has 0 saturated carbocycles. The Bertz CT molecular complexity index is 450. The van der Waals surface area contributed by atoms with Gasteiger partial charge in [0.25, 0.3) is 0 Å². The SMILES string of the molecule is CCCC(C)(N)C(=O)NCC1CCN(Cc2cccs2)CC1. The van der Waals surface area contributed by atoms with Crippen LogP contribution in [0.15, 0.2) is 17.5 Å². The zero-order chi connectivity index (χ0) is 16.0. The molecule has 1 aliphatic heterocycles. The van der Waals surface area contributed by atoms with Crippen molar-refractivity contribution in [1.29, 1.82) is 0 Å². The highest BCUT2D eigenvalue weighted by atomic mass is 32.1. The Balaban J connectivity index is 1.68. The number of hydrogen-bond acceptors (Lipinski definition) is 4. The lowest BCUT2D eigenvalue weighted by atomic mass is 9.94. The van der Waals surface area contributed by atoms with Crippen molar-refractivity contribution in [3.63, 3.8) is 0 Å². The van der Waals surface area contributed by atoms with Crippen LogP contribution in [0.5, 0.6) is 0 Å². The summed E-state index contributed by atoms with van der Waals surface area (Å²) in [5, 5.41) is 5.19. The molecule has 5 heteroatoms. The first-order valence-electron chi connectivity index (χ1n) is 8.33. The number of thiophene rings is 1. The summed E-state index contributed by atoms with van der Waals surface area (Å²) in [6.07, 6.45) is 3.97. The summed E-state index contributed by atoms with van der Waals surface area (Å²) in [6.45, 7) is 7.95. The molecule has 2 heterocycles. The summed E-state index contributed by atoms with van der Waals surface area (Å²) in [5.74, 6) is 0.580. The fourth-order valence-corrected chi connectivity index (χ4v) is 3.79. The molecule has 2 rings (SSSR count). The summed E-state index contributed by atoms with van der Waals surface area (Å²) >= 11 is 1.83. The predicted octanol–water partition coefficient (Wildman–Crippen LogP) is 2.59. The molecular weight excluding hydrogens is 294 g/mol. The quantitative estimate of drug-likeness (QED) is 0.811. The summed E-state index contributed by atoms with van der Waals surface area (Å²) in [4.78, 5) is 16.1. The molecule has 1 aliphatic rings. The molecule has 0 spiro atoms. The Morgan fingerprint density at radius 1 is 1.50 bits per heavy atom. The first-order chi connectivity index (χ1) is 10.5. The standard InChI is InChI=1S/C17H29N3OS/c1-3-8-17(2,18)16(21)19-12-14-6-9-20(10-7-14)13-15-5-4-11-22-15/h4-5,11,14H,3,6-10,12-13,18H2,1-2H3,(H,19,21). The van der Waals surface area contributed by atoms with Crippen molar-refractivity contribution in [2.75, 3.05) is 19.6 Å². The lowest BCUT2D eigenvalue weighted by molar-refractivity contribution is -0.126. The molecule has 1 aromatic heterocycles. The van der Waals surface area contributed by atoms with Gasteiger partial charge in [0.05, 0.1) is 5.54 Å². The zero-order valence-corrected chi connectivity index (χ0v) is 14.6. The average Bonchev–Trinajstić information content (AvgIpc) is 2.99. The first kappa shape index (κ1) is 17.4. The summed E-state index contributed by atoms with van der Waals surface area (Å²) in [7, 11) is 0. The number of amides is 1. The van der Waals surface area contributed by atoms with E-state index >= 15 is 0 Å². The van der Waals surface area contributed by atoms with Crippen molar-refractivity contribution in [2.45, 2.75) is 51.6 Å². The minimum absolute atomic E-state index is 0.00429. The van der Waals surface area contributed by atoms with Crippen LogP contribution in [-0.4, -0.2) is 36.0 Å². The maximum Gasteiger partial charge on any atom is 0.239 e.